The number of carbonyl (C=O) groups is 1. The van der Waals surface area contributed by atoms with E-state index in [2.05, 4.69) is 33.0 Å². The summed E-state index contributed by atoms with van der Waals surface area (Å²) in [5.41, 5.74) is -0.404. The zero-order valence-electron chi connectivity index (χ0n) is 13.2. The number of nitrogens with zero attached hydrogens (tertiary/aromatic N) is 1. The molecule has 2 unspecified atom stereocenters. The Labute approximate surface area is 117 Å². The Hall–Kier alpha value is -0.610. The molecule has 4 nitrogen and oxygen atoms in total. The smallest absolute Gasteiger partial charge is 0.243 e. The van der Waals surface area contributed by atoms with Crippen LogP contribution in [0.4, 0.5) is 0 Å². The summed E-state index contributed by atoms with van der Waals surface area (Å²) in [6.45, 7) is 12.6. The summed E-state index contributed by atoms with van der Waals surface area (Å²) in [4.78, 5) is 14.5. The van der Waals surface area contributed by atoms with Crippen molar-refractivity contribution in [2.45, 2.75) is 65.6 Å². The van der Waals surface area contributed by atoms with Crippen molar-refractivity contribution in [1.82, 2.24) is 10.2 Å². The van der Waals surface area contributed by atoms with Crippen LogP contribution in [-0.4, -0.2) is 42.3 Å². The highest BCUT2D eigenvalue weighted by Crippen LogP contribution is 2.26. The van der Waals surface area contributed by atoms with Gasteiger partial charge in [0.25, 0.3) is 0 Å². The first-order chi connectivity index (χ1) is 8.96. The Bertz CT molecular complexity index is 294. The lowest BCUT2D eigenvalue weighted by molar-refractivity contribution is -0.134. The average molecular weight is 270 g/mol. The third-order valence-electron chi connectivity index (χ3n) is 3.99. The van der Waals surface area contributed by atoms with Crippen LogP contribution in [0.3, 0.4) is 0 Å². The standard InChI is InChI=1S/C15H30N2O2/c1-6-8-10-19-11-9-17-13(12(3)4)16-15(5,7-2)14(17)18/h12-13,16H,6-11H2,1-5H3. The molecule has 0 saturated carbocycles. The van der Waals surface area contributed by atoms with E-state index < -0.39 is 5.54 Å². The molecular formula is C15H30N2O2. The van der Waals surface area contributed by atoms with Gasteiger partial charge < -0.3 is 9.64 Å². The first-order valence-electron chi connectivity index (χ1n) is 7.62. The summed E-state index contributed by atoms with van der Waals surface area (Å²) in [6.07, 6.45) is 3.19. The number of rotatable bonds is 8. The van der Waals surface area contributed by atoms with Crippen LogP contribution >= 0.6 is 0 Å². The molecule has 0 aromatic heterocycles. The molecule has 1 heterocycles. The molecule has 1 aliphatic heterocycles. The number of unbranched alkanes of at least 4 members (excludes halogenated alkanes) is 1. The minimum absolute atomic E-state index is 0.132. The Balaban J connectivity index is 2.55. The molecular weight excluding hydrogens is 240 g/mol. The van der Waals surface area contributed by atoms with Gasteiger partial charge in [0.15, 0.2) is 0 Å². The number of carbonyl (C=O) groups excluding carboxylic acids is 1. The predicted octanol–water partition coefficient (Wildman–Crippen LogP) is 2.39. The molecule has 112 valence electrons. The van der Waals surface area contributed by atoms with Gasteiger partial charge in [0.05, 0.1) is 18.3 Å². The molecule has 1 fully saturated rings. The van der Waals surface area contributed by atoms with E-state index in [1.165, 1.54) is 0 Å². The SMILES string of the molecule is CCCCOCCN1C(=O)C(C)(CC)NC1C(C)C. The maximum absolute atomic E-state index is 12.5. The summed E-state index contributed by atoms with van der Waals surface area (Å²) in [7, 11) is 0. The molecule has 0 aromatic carbocycles. The fourth-order valence-electron chi connectivity index (χ4n) is 2.44. The number of ether oxygens (including phenoxy) is 1. The lowest BCUT2D eigenvalue weighted by Gasteiger charge is -2.27. The monoisotopic (exact) mass is 270 g/mol. The molecule has 4 heteroatoms. The molecule has 1 amide bonds. The molecule has 1 aliphatic rings. The Morgan fingerprint density at radius 1 is 1.37 bits per heavy atom. The van der Waals surface area contributed by atoms with Gasteiger partial charge >= 0.3 is 0 Å². The average Bonchev–Trinajstić information content (AvgIpc) is 2.64. The lowest BCUT2D eigenvalue weighted by atomic mass is 9.99. The molecule has 0 aromatic rings. The molecule has 0 spiro atoms. The fourth-order valence-corrected chi connectivity index (χ4v) is 2.44. The van der Waals surface area contributed by atoms with Crippen LogP contribution < -0.4 is 5.32 Å². The molecule has 0 radical (unpaired) electrons. The topological polar surface area (TPSA) is 41.6 Å². The Kier molecular flexibility index (Phi) is 6.27. The van der Waals surface area contributed by atoms with E-state index in [1.54, 1.807) is 0 Å². The van der Waals surface area contributed by atoms with Crippen LogP contribution in [0.15, 0.2) is 0 Å². The summed E-state index contributed by atoms with van der Waals surface area (Å²) < 4.78 is 5.59. The Morgan fingerprint density at radius 2 is 2.05 bits per heavy atom. The minimum Gasteiger partial charge on any atom is -0.380 e. The van der Waals surface area contributed by atoms with Crippen LogP contribution in [0, 0.1) is 5.92 Å². The minimum atomic E-state index is -0.404. The van der Waals surface area contributed by atoms with Crippen LogP contribution in [0.25, 0.3) is 0 Å². The van der Waals surface area contributed by atoms with E-state index in [4.69, 9.17) is 4.74 Å². The molecule has 2 atom stereocenters. The van der Waals surface area contributed by atoms with E-state index in [9.17, 15) is 4.79 Å². The van der Waals surface area contributed by atoms with E-state index in [0.717, 1.165) is 25.9 Å². The highest BCUT2D eigenvalue weighted by atomic mass is 16.5. The van der Waals surface area contributed by atoms with Crippen molar-refractivity contribution in [3.8, 4) is 0 Å². The van der Waals surface area contributed by atoms with Gasteiger partial charge in [-0.2, -0.15) is 0 Å². The van der Waals surface area contributed by atoms with Crippen LogP contribution in [0.1, 0.15) is 53.9 Å². The predicted molar refractivity (Wildman–Crippen MR) is 77.9 cm³/mol. The lowest BCUT2D eigenvalue weighted by Crippen LogP contribution is -2.45. The number of hydrogen-bond donors (Lipinski definition) is 1. The van der Waals surface area contributed by atoms with Gasteiger partial charge in [0, 0.05) is 13.2 Å². The number of nitrogens with one attached hydrogen (secondary N) is 1. The highest BCUT2D eigenvalue weighted by molar-refractivity contribution is 5.88. The molecule has 1 saturated heterocycles. The first-order valence-corrected chi connectivity index (χ1v) is 7.62. The normalized spacial score (nSPS) is 27.6. The van der Waals surface area contributed by atoms with Gasteiger partial charge in [-0.05, 0) is 25.7 Å². The maximum atomic E-state index is 12.5. The number of hydrogen-bond acceptors (Lipinski definition) is 3. The van der Waals surface area contributed by atoms with Crippen LogP contribution in [0.2, 0.25) is 0 Å². The highest BCUT2D eigenvalue weighted by Gasteiger charge is 2.47. The van der Waals surface area contributed by atoms with E-state index in [1.807, 2.05) is 11.8 Å². The van der Waals surface area contributed by atoms with E-state index in [-0.39, 0.29) is 12.1 Å². The van der Waals surface area contributed by atoms with E-state index >= 15 is 0 Å². The quantitative estimate of drug-likeness (QED) is 0.689. The van der Waals surface area contributed by atoms with Gasteiger partial charge in [-0.3, -0.25) is 10.1 Å². The maximum Gasteiger partial charge on any atom is 0.243 e. The van der Waals surface area contributed by atoms with Crippen molar-refractivity contribution < 1.29 is 9.53 Å². The first kappa shape index (κ1) is 16.4. The second kappa shape index (κ2) is 7.25. The summed E-state index contributed by atoms with van der Waals surface area (Å²) >= 11 is 0. The zero-order valence-corrected chi connectivity index (χ0v) is 13.2. The van der Waals surface area contributed by atoms with Crippen molar-refractivity contribution in [3.63, 3.8) is 0 Å². The molecule has 1 N–H and O–H groups in total. The van der Waals surface area contributed by atoms with E-state index in [0.29, 0.717) is 19.1 Å². The molecule has 1 rings (SSSR count). The van der Waals surface area contributed by atoms with Crippen LogP contribution in [-0.2, 0) is 9.53 Å². The summed E-state index contributed by atoms with van der Waals surface area (Å²) in [5, 5.41) is 3.49. The summed E-state index contributed by atoms with van der Waals surface area (Å²) in [5.74, 6) is 0.626. The zero-order chi connectivity index (χ0) is 14.5. The third-order valence-corrected chi connectivity index (χ3v) is 3.99. The molecule has 0 bridgehead atoms. The van der Waals surface area contributed by atoms with Crippen molar-refractivity contribution in [3.05, 3.63) is 0 Å². The van der Waals surface area contributed by atoms with Gasteiger partial charge in [-0.15, -0.1) is 0 Å². The van der Waals surface area contributed by atoms with Crippen molar-refractivity contribution >= 4 is 5.91 Å². The second-order valence-corrected chi connectivity index (χ2v) is 5.98. The molecule has 0 aliphatic carbocycles. The van der Waals surface area contributed by atoms with Crippen LogP contribution in [0.5, 0.6) is 0 Å². The second-order valence-electron chi connectivity index (χ2n) is 5.98. The van der Waals surface area contributed by atoms with Gasteiger partial charge in [-0.1, -0.05) is 34.1 Å². The third kappa shape index (κ3) is 3.93. The summed E-state index contributed by atoms with van der Waals surface area (Å²) in [6, 6.07) is 0. The van der Waals surface area contributed by atoms with Gasteiger partial charge in [0.1, 0.15) is 0 Å². The van der Waals surface area contributed by atoms with Gasteiger partial charge in [0.2, 0.25) is 5.91 Å². The fraction of sp³-hybridized carbons (Fsp3) is 0.933. The van der Waals surface area contributed by atoms with Gasteiger partial charge in [-0.25, -0.2) is 0 Å². The Morgan fingerprint density at radius 3 is 2.58 bits per heavy atom. The largest absolute Gasteiger partial charge is 0.380 e. The van der Waals surface area contributed by atoms with Crippen molar-refractivity contribution in [2.75, 3.05) is 19.8 Å². The number of amides is 1. The van der Waals surface area contributed by atoms with Crippen molar-refractivity contribution in [2.24, 2.45) is 5.92 Å². The van der Waals surface area contributed by atoms with Crippen molar-refractivity contribution in [1.29, 1.82) is 0 Å². The molecule has 19 heavy (non-hydrogen) atoms.